The van der Waals surface area contributed by atoms with Gasteiger partial charge in [0, 0.05) is 18.7 Å². The summed E-state index contributed by atoms with van der Waals surface area (Å²) in [6.07, 6.45) is 0. The quantitative estimate of drug-likeness (QED) is 0.681. The van der Waals surface area contributed by atoms with E-state index in [0.29, 0.717) is 0 Å². The highest BCUT2D eigenvalue weighted by molar-refractivity contribution is 5.79. The summed E-state index contributed by atoms with van der Waals surface area (Å²) < 4.78 is 2.07. The topological polar surface area (TPSA) is 21.1 Å². The average Bonchev–Trinajstić information content (AvgIpc) is 2.95. The molecule has 23 heavy (non-hydrogen) atoms. The van der Waals surface area contributed by atoms with Gasteiger partial charge in [0.2, 0.25) is 0 Å². The number of aryl methyl sites for hydroxylation is 1. The molecule has 1 aromatic heterocycles. The summed E-state index contributed by atoms with van der Waals surface area (Å²) in [5, 5.41) is 4.85. The number of rotatable bonds is 5. The van der Waals surface area contributed by atoms with E-state index in [-0.39, 0.29) is 0 Å². The monoisotopic (exact) mass is 305 g/mol. The van der Waals surface area contributed by atoms with Crippen molar-refractivity contribution in [1.82, 2.24) is 9.78 Å². The molecule has 0 aliphatic heterocycles. The molecule has 0 fully saturated rings. The van der Waals surface area contributed by atoms with Crippen molar-refractivity contribution in [2.75, 3.05) is 18.0 Å². The Morgan fingerprint density at radius 1 is 0.870 bits per heavy atom. The maximum atomic E-state index is 4.85. The zero-order chi connectivity index (χ0) is 16.2. The van der Waals surface area contributed by atoms with E-state index in [1.54, 1.807) is 0 Å². The van der Waals surface area contributed by atoms with Crippen LogP contribution in [0, 0.1) is 6.92 Å². The molecule has 2 aromatic carbocycles. The summed E-state index contributed by atoms with van der Waals surface area (Å²) in [6.45, 7) is 8.38. The van der Waals surface area contributed by atoms with E-state index in [2.05, 4.69) is 85.0 Å². The zero-order valence-corrected chi connectivity index (χ0v) is 14.0. The molecule has 0 saturated carbocycles. The van der Waals surface area contributed by atoms with Gasteiger partial charge in [-0.2, -0.15) is 5.10 Å². The minimum absolute atomic E-state index is 0.953. The van der Waals surface area contributed by atoms with E-state index in [1.807, 2.05) is 6.07 Å². The third-order valence-corrected chi connectivity index (χ3v) is 4.16. The van der Waals surface area contributed by atoms with Crippen molar-refractivity contribution >= 4 is 5.82 Å². The Labute approximate surface area is 138 Å². The molecule has 118 valence electrons. The van der Waals surface area contributed by atoms with Crippen molar-refractivity contribution in [1.29, 1.82) is 0 Å². The first-order chi connectivity index (χ1) is 11.3. The normalized spacial score (nSPS) is 10.7. The van der Waals surface area contributed by atoms with E-state index in [9.17, 15) is 0 Å². The van der Waals surface area contributed by atoms with Crippen LogP contribution < -0.4 is 4.90 Å². The Morgan fingerprint density at radius 3 is 2.00 bits per heavy atom. The second-order valence-electron chi connectivity index (χ2n) is 5.57. The van der Waals surface area contributed by atoms with Gasteiger partial charge in [-0.05, 0) is 38.5 Å². The summed E-state index contributed by atoms with van der Waals surface area (Å²) in [4.78, 5) is 2.37. The molecule has 0 saturated heterocycles. The van der Waals surface area contributed by atoms with Crippen LogP contribution in [0.4, 0.5) is 5.82 Å². The first kappa shape index (κ1) is 15.3. The van der Waals surface area contributed by atoms with Crippen LogP contribution in [-0.2, 0) is 0 Å². The molecule has 0 unspecified atom stereocenters. The number of para-hydroxylation sites is 1. The second-order valence-corrected chi connectivity index (χ2v) is 5.57. The highest BCUT2D eigenvalue weighted by atomic mass is 15.4. The minimum atomic E-state index is 0.953. The lowest BCUT2D eigenvalue weighted by Crippen LogP contribution is -2.25. The van der Waals surface area contributed by atoms with Gasteiger partial charge in [-0.15, -0.1) is 0 Å². The standard InChI is InChI=1S/C20H23N3/c1-4-22(5-2)20-19(17-12-8-6-9-13-17)16(3)21-23(20)18-14-10-7-11-15-18/h6-15H,4-5H2,1-3H3. The molecule has 3 rings (SSSR count). The summed E-state index contributed by atoms with van der Waals surface area (Å²) in [7, 11) is 0. The summed E-state index contributed by atoms with van der Waals surface area (Å²) in [5.74, 6) is 1.17. The number of hydrogen-bond acceptors (Lipinski definition) is 2. The van der Waals surface area contributed by atoms with Crippen molar-refractivity contribution in [3.8, 4) is 16.8 Å². The molecule has 3 aromatic rings. The number of anilines is 1. The number of hydrogen-bond donors (Lipinski definition) is 0. The molecule has 0 spiro atoms. The van der Waals surface area contributed by atoms with Gasteiger partial charge in [-0.25, -0.2) is 4.68 Å². The van der Waals surface area contributed by atoms with Crippen molar-refractivity contribution < 1.29 is 0 Å². The van der Waals surface area contributed by atoms with Gasteiger partial charge in [0.1, 0.15) is 5.82 Å². The summed E-state index contributed by atoms with van der Waals surface area (Å²) in [5.41, 5.74) is 4.59. The van der Waals surface area contributed by atoms with Gasteiger partial charge in [-0.1, -0.05) is 48.5 Å². The summed E-state index contributed by atoms with van der Waals surface area (Å²) in [6, 6.07) is 20.9. The van der Waals surface area contributed by atoms with Crippen LogP contribution in [0.15, 0.2) is 60.7 Å². The molecule has 0 N–H and O–H groups in total. The Hall–Kier alpha value is -2.55. The van der Waals surface area contributed by atoms with Crippen molar-refractivity contribution in [2.45, 2.75) is 20.8 Å². The molecule has 1 heterocycles. The number of nitrogens with zero attached hydrogens (tertiary/aromatic N) is 3. The molecule has 3 nitrogen and oxygen atoms in total. The third-order valence-electron chi connectivity index (χ3n) is 4.16. The summed E-state index contributed by atoms with van der Waals surface area (Å²) >= 11 is 0. The van der Waals surface area contributed by atoms with Gasteiger partial charge in [0.05, 0.1) is 11.4 Å². The van der Waals surface area contributed by atoms with Crippen molar-refractivity contribution in [2.24, 2.45) is 0 Å². The molecule has 0 bridgehead atoms. The Kier molecular flexibility index (Phi) is 4.47. The maximum Gasteiger partial charge on any atom is 0.140 e. The third kappa shape index (κ3) is 2.87. The SMILES string of the molecule is CCN(CC)c1c(-c2ccccc2)c(C)nn1-c1ccccc1. The Bertz CT molecular complexity index is 756. The first-order valence-corrected chi connectivity index (χ1v) is 8.21. The average molecular weight is 305 g/mol. The molecule has 0 atom stereocenters. The largest absolute Gasteiger partial charge is 0.357 e. The lowest BCUT2D eigenvalue weighted by molar-refractivity contribution is 0.781. The fourth-order valence-electron chi connectivity index (χ4n) is 3.02. The lowest BCUT2D eigenvalue weighted by atomic mass is 10.1. The van der Waals surface area contributed by atoms with Crippen LogP contribution in [-0.4, -0.2) is 22.9 Å². The second kappa shape index (κ2) is 6.69. The van der Waals surface area contributed by atoms with Gasteiger partial charge in [-0.3, -0.25) is 0 Å². The highest BCUT2D eigenvalue weighted by Crippen LogP contribution is 2.35. The van der Waals surface area contributed by atoms with E-state index in [1.165, 1.54) is 16.9 Å². The predicted molar refractivity (Wildman–Crippen MR) is 97.3 cm³/mol. The predicted octanol–water partition coefficient (Wildman–Crippen LogP) is 4.69. The van der Waals surface area contributed by atoms with Gasteiger partial charge in [0.25, 0.3) is 0 Å². The fraction of sp³-hybridized carbons (Fsp3) is 0.250. The first-order valence-electron chi connectivity index (χ1n) is 8.21. The van der Waals surface area contributed by atoms with Crippen LogP contribution in [0.3, 0.4) is 0 Å². The molecular formula is C20H23N3. The van der Waals surface area contributed by atoms with E-state index >= 15 is 0 Å². The maximum absolute atomic E-state index is 4.85. The molecule has 0 aliphatic rings. The van der Waals surface area contributed by atoms with Crippen molar-refractivity contribution in [3.05, 3.63) is 66.4 Å². The minimum Gasteiger partial charge on any atom is -0.357 e. The van der Waals surface area contributed by atoms with E-state index in [0.717, 1.165) is 24.5 Å². The Balaban J connectivity index is 2.26. The van der Waals surface area contributed by atoms with Crippen molar-refractivity contribution in [3.63, 3.8) is 0 Å². The van der Waals surface area contributed by atoms with Gasteiger partial charge in [0.15, 0.2) is 0 Å². The molecule has 3 heteroatoms. The number of aromatic nitrogens is 2. The molecular weight excluding hydrogens is 282 g/mol. The van der Waals surface area contributed by atoms with Crippen LogP contribution in [0.1, 0.15) is 19.5 Å². The Morgan fingerprint density at radius 2 is 1.43 bits per heavy atom. The van der Waals surface area contributed by atoms with Crippen LogP contribution in [0.25, 0.3) is 16.8 Å². The smallest absolute Gasteiger partial charge is 0.140 e. The van der Waals surface area contributed by atoms with Crippen LogP contribution in [0.2, 0.25) is 0 Å². The van der Waals surface area contributed by atoms with Gasteiger partial charge >= 0.3 is 0 Å². The highest BCUT2D eigenvalue weighted by Gasteiger charge is 2.21. The van der Waals surface area contributed by atoms with E-state index in [4.69, 9.17) is 5.10 Å². The number of benzene rings is 2. The van der Waals surface area contributed by atoms with Gasteiger partial charge < -0.3 is 4.90 Å². The lowest BCUT2D eigenvalue weighted by Gasteiger charge is -2.24. The van der Waals surface area contributed by atoms with Crippen LogP contribution in [0.5, 0.6) is 0 Å². The molecule has 0 radical (unpaired) electrons. The van der Waals surface area contributed by atoms with E-state index < -0.39 is 0 Å². The fourth-order valence-corrected chi connectivity index (χ4v) is 3.02. The molecule has 0 amide bonds. The molecule has 0 aliphatic carbocycles. The van der Waals surface area contributed by atoms with Crippen LogP contribution >= 0.6 is 0 Å². The zero-order valence-electron chi connectivity index (χ0n) is 14.0.